The molecule has 7 heteroatoms. The second-order valence-corrected chi connectivity index (χ2v) is 8.88. The van der Waals surface area contributed by atoms with Crippen LogP contribution in [-0.2, 0) is 0 Å². The van der Waals surface area contributed by atoms with Gasteiger partial charge in [0.05, 0.1) is 11.1 Å². The normalized spacial score (nSPS) is 15.7. The van der Waals surface area contributed by atoms with Gasteiger partial charge in [-0.3, -0.25) is 9.97 Å². The molecule has 0 radical (unpaired) electrons. The molecule has 34 heavy (non-hydrogen) atoms. The molecule has 2 N–H and O–H groups in total. The lowest BCUT2D eigenvalue weighted by molar-refractivity contribution is 0.0696. The number of anilines is 3. The van der Waals surface area contributed by atoms with Crippen LogP contribution in [-0.4, -0.2) is 59.2 Å². The lowest BCUT2D eigenvalue weighted by Gasteiger charge is -2.22. The molecule has 1 unspecified atom stereocenters. The minimum atomic E-state index is -0.992. The van der Waals surface area contributed by atoms with Gasteiger partial charge in [-0.05, 0) is 74.6 Å². The van der Waals surface area contributed by atoms with E-state index in [0.29, 0.717) is 6.04 Å². The van der Waals surface area contributed by atoms with Gasteiger partial charge in [-0.15, -0.1) is 0 Å². The summed E-state index contributed by atoms with van der Waals surface area (Å²) in [6.45, 7) is 2.13. The zero-order chi connectivity index (χ0) is 23.7. The first-order valence-corrected chi connectivity index (χ1v) is 11.3. The number of carbonyl (C=O) groups is 1. The summed E-state index contributed by atoms with van der Waals surface area (Å²) >= 11 is 0. The van der Waals surface area contributed by atoms with Gasteiger partial charge in [0.1, 0.15) is 0 Å². The van der Waals surface area contributed by atoms with Gasteiger partial charge in [-0.2, -0.15) is 0 Å². The highest BCUT2D eigenvalue weighted by Gasteiger charge is 2.23. The molecule has 2 aromatic carbocycles. The summed E-state index contributed by atoms with van der Waals surface area (Å²) in [4.78, 5) is 24.7. The fraction of sp³-hybridized carbons (Fsp3) is 0.222. The first-order valence-electron chi connectivity index (χ1n) is 11.3. The number of nitrogens with zero attached hydrogens (tertiary/aromatic N) is 4. The Kier molecular flexibility index (Phi) is 5.86. The summed E-state index contributed by atoms with van der Waals surface area (Å²) in [7, 11) is 4.29. The molecule has 1 saturated heterocycles. The van der Waals surface area contributed by atoms with Crippen LogP contribution in [0.15, 0.2) is 73.2 Å². The lowest BCUT2D eigenvalue weighted by Crippen LogP contribution is -2.31. The van der Waals surface area contributed by atoms with Crippen LogP contribution in [0.3, 0.4) is 0 Å². The third-order valence-corrected chi connectivity index (χ3v) is 6.47. The molecule has 3 heterocycles. The monoisotopic (exact) mass is 453 g/mol. The largest absolute Gasteiger partial charge is 0.478 e. The number of pyridine rings is 2. The fourth-order valence-corrected chi connectivity index (χ4v) is 4.46. The van der Waals surface area contributed by atoms with Crippen molar-refractivity contribution in [1.29, 1.82) is 0 Å². The molecule has 0 spiro atoms. The Morgan fingerprint density at radius 3 is 2.62 bits per heavy atom. The number of aromatic carboxylic acids is 1. The van der Waals surface area contributed by atoms with Crippen molar-refractivity contribution in [2.24, 2.45) is 0 Å². The van der Waals surface area contributed by atoms with E-state index in [-0.39, 0.29) is 5.56 Å². The first kappa shape index (κ1) is 21.9. The number of aromatic nitrogens is 2. The highest BCUT2D eigenvalue weighted by Crippen LogP contribution is 2.31. The second-order valence-electron chi connectivity index (χ2n) is 8.88. The molecular formula is C27H27N5O2. The Hall–Kier alpha value is -3.97. The van der Waals surface area contributed by atoms with E-state index in [1.165, 1.54) is 18.3 Å². The number of hydrogen-bond acceptors (Lipinski definition) is 6. The minimum absolute atomic E-state index is 0.164. The van der Waals surface area contributed by atoms with Crippen LogP contribution in [0.4, 0.5) is 17.1 Å². The number of nitrogens with one attached hydrogen (secondary N) is 1. The number of carboxylic acids is 1. The number of carboxylic acid groups (broad SMARTS) is 1. The summed E-state index contributed by atoms with van der Waals surface area (Å²) in [6.07, 6.45) is 6.00. The van der Waals surface area contributed by atoms with Gasteiger partial charge in [-0.25, -0.2) is 4.79 Å². The summed E-state index contributed by atoms with van der Waals surface area (Å²) in [5, 5.41) is 13.8. The Morgan fingerprint density at radius 2 is 1.88 bits per heavy atom. The smallest absolute Gasteiger partial charge is 0.337 e. The van der Waals surface area contributed by atoms with Crippen molar-refractivity contribution < 1.29 is 9.90 Å². The van der Waals surface area contributed by atoms with E-state index in [1.54, 1.807) is 18.5 Å². The Balaban J connectivity index is 1.40. The Labute approximate surface area is 198 Å². The standard InChI is InChI=1S/C27H27N5O2/c1-31(2)23-10-12-32(17-23)22-6-4-21(5-7-22)30-26-9-11-29-25-8-3-18(14-24(25)26)19-13-20(27(33)34)16-28-15-19/h3-9,11,13-16,23H,10,12,17H2,1-2H3,(H,29,30)(H,33,34). The number of hydrogen-bond donors (Lipinski definition) is 2. The number of rotatable bonds is 6. The maximum atomic E-state index is 11.3. The highest BCUT2D eigenvalue weighted by molar-refractivity contribution is 5.96. The zero-order valence-corrected chi connectivity index (χ0v) is 19.3. The van der Waals surface area contributed by atoms with Crippen molar-refractivity contribution >= 4 is 33.9 Å². The number of benzene rings is 2. The topological polar surface area (TPSA) is 81.6 Å². The van der Waals surface area contributed by atoms with E-state index in [9.17, 15) is 9.90 Å². The van der Waals surface area contributed by atoms with E-state index in [1.807, 2.05) is 24.3 Å². The van der Waals surface area contributed by atoms with Gasteiger partial charge in [0.2, 0.25) is 0 Å². The molecule has 1 aliphatic heterocycles. The predicted molar refractivity (Wildman–Crippen MR) is 136 cm³/mol. The quantitative estimate of drug-likeness (QED) is 0.431. The van der Waals surface area contributed by atoms with Crippen LogP contribution >= 0.6 is 0 Å². The van der Waals surface area contributed by atoms with Crippen LogP contribution in [0.2, 0.25) is 0 Å². The molecule has 0 aliphatic carbocycles. The first-order chi connectivity index (χ1) is 16.5. The molecule has 1 atom stereocenters. The van der Waals surface area contributed by atoms with Crippen molar-refractivity contribution in [3.63, 3.8) is 0 Å². The molecule has 7 nitrogen and oxygen atoms in total. The molecule has 2 aromatic heterocycles. The van der Waals surface area contributed by atoms with Gasteiger partial charge in [0.25, 0.3) is 0 Å². The van der Waals surface area contributed by atoms with Gasteiger partial charge >= 0.3 is 5.97 Å². The predicted octanol–water partition coefficient (Wildman–Crippen LogP) is 4.88. The van der Waals surface area contributed by atoms with Crippen molar-refractivity contribution in [2.75, 3.05) is 37.4 Å². The van der Waals surface area contributed by atoms with E-state index in [0.717, 1.165) is 46.5 Å². The lowest BCUT2D eigenvalue weighted by atomic mass is 10.0. The summed E-state index contributed by atoms with van der Waals surface area (Å²) in [6, 6.07) is 18.6. The fourth-order valence-electron chi connectivity index (χ4n) is 4.46. The van der Waals surface area contributed by atoms with Crippen LogP contribution in [0.25, 0.3) is 22.0 Å². The Bertz CT molecular complexity index is 1340. The van der Waals surface area contributed by atoms with Gasteiger partial charge in [0, 0.05) is 65.7 Å². The molecule has 0 amide bonds. The third kappa shape index (κ3) is 4.43. The molecule has 1 fully saturated rings. The average Bonchev–Trinajstić information content (AvgIpc) is 3.35. The average molecular weight is 454 g/mol. The van der Waals surface area contributed by atoms with E-state index in [2.05, 4.69) is 63.4 Å². The molecule has 5 rings (SSSR count). The maximum absolute atomic E-state index is 11.3. The minimum Gasteiger partial charge on any atom is -0.478 e. The summed E-state index contributed by atoms with van der Waals surface area (Å²) in [5.41, 5.74) is 5.84. The molecule has 1 aliphatic rings. The van der Waals surface area contributed by atoms with Crippen molar-refractivity contribution in [3.05, 3.63) is 78.8 Å². The van der Waals surface area contributed by atoms with Gasteiger partial charge in [0.15, 0.2) is 0 Å². The van der Waals surface area contributed by atoms with Crippen LogP contribution in [0.1, 0.15) is 16.8 Å². The maximum Gasteiger partial charge on any atom is 0.337 e. The van der Waals surface area contributed by atoms with E-state index >= 15 is 0 Å². The summed E-state index contributed by atoms with van der Waals surface area (Å²) in [5.74, 6) is -0.992. The van der Waals surface area contributed by atoms with Gasteiger partial charge < -0.3 is 20.2 Å². The van der Waals surface area contributed by atoms with E-state index in [4.69, 9.17) is 0 Å². The number of likely N-dealkylation sites (N-methyl/N-ethyl adjacent to an activating group) is 1. The molecule has 0 bridgehead atoms. The van der Waals surface area contributed by atoms with Crippen LogP contribution in [0, 0.1) is 0 Å². The Morgan fingerprint density at radius 1 is 1.06 bits per heavy atom. The summed E-state index contributed by atoms with van der Waals surface area (Å²) < 4.78 is 0. The molecule has 172 valence electrons. The second kappa shape index (κ2) is 9.11. The van der Waals surface area contributed by atoms with Crippen molar-refractivity contribution in [2.45, 2.75) is 12.5 Å². The van der Waals surface area contributed by atoms with Crippen molar-refractivity contribution in [3.8, 4) is 11.1 Å². The van der Waals surface area contributed by atoms with Gasteiger partial charge in [-0.1, -0.05) is 6.07 Å². The third-order valence-electron chi connectivity index (χ3n) is 6.47. The van der Waals surface area contributed by atoms with Crippen LogP contribution in [0.5, 0.6) is 0 Å². The molecule has 0 saturated carbocycles. The SMILES string of the molecule is CN(C)C1CCN(c2ccc(Nc3ccnc4ccc(-c5cncc(C(=O)O)c5)cc34)cc2)C1. The van der Waals surface area contributed by atoms with Crippen molar-refractivity contribution in [1.82, 2.24) is 14.9 Å². The van der Waals surface area contributed by atoms with E-state index < -0.39 is 5.97 Å². The van der Waals surface area contributed by atoms with Crippen LogP contribution < -0.4 is 10.2 Å². The number of fused-ring (bicyclic) bond motifs is 1. The highest BCUT2D eigenvalue weighted by atomic mass is 16.4. The zero-order valence-electron chi connectivity index (χ0n) is 19.3. The molecule has 4 aromatic rings. The molecular weight excluding hydrogens is 426 g/mol.